The van der Waals surface area contributed by atoms with Gasteiger partial charge in [-0.25, -0.2) is 4.98 Å². The number of carbonyl (C=O) groups excluding carboxylic acids is 1. The lowest BCUT2D eigenvalue weighted by Gasteiger charge is -2.32. The minimum atomic E-state index is 0.0861. The number of piperidine rings is 1. The molecular formula is C18H23N7O. The van der Waals surface area contributed by atoms with Gasteiger partial charge in [-0.05, 0) is 25.0 Å². The minimum Gasteiger partial charge on any atom is -0.347 e. The number of aromatic nitrogens is 6. The highest BCUT2D eigenvalue weighted by molar-refractivity contribution is 5.92. The summed E-state index contributed by atoms with van der Waals surface area (Å²) < 4.78 is 5.90. The van der Waals surface area contributed by atoms with Crippen molar-refractivity contribution in [3.63, 3.8) is 0 Å². The molecule has 4 rings (SSSR count). The van der Waals surface area contributed by atoms with Crippen molar-refractivity contribution >= 4 is 5.91 Å². The summed E-state index contributed by atoms with van der Waals surface area (Å²) in [4.78, 5) is 18.8. The van der Waals surface area contributed by atoms with Gasteiger partial charge >= 0.3 is 0 Å². The second-order valence-electron chi connectivity index (χ2n) is 6.86. The van der Waals surface area contributed by atoms with Gasteiger partial charge in [0.2, 0.25) is 0 Å². The molecule has 4 heterocycles. The fourth-order valence-electron chi connectivity index (χ4n) is 3.63. The summed E-state index contributed by atoms with van der Waals surface area (Å²) in [5, 5.41) is 8.79. The van der Waals surface area contributed by atoms with E-state index in [2.05, 4.69) is 19.7 Å². The van der Waals surface area contributed by atoms with Crippen LogP contribution < -0.4 is 0 Å². The Morgan fingerprint density at radius 2 is 2.15 bits per heavy atom. The molecule has 1 atom stereocenters. The van der Waals surface area contributed by atoms with Crippen molar-refractivity contribution in [1.29, 1.82) is 0 Å². The molecule has 3 aromatic heterocycles. The van der Waals surface area contributed by atoms with Crippen LogP contribution in [0.2, 0.25) is 0 Å². The molecular weight excluding hydrogens is 330 g/mol. The van der Waals surface area contributed by atoms with Crippen molar-refractivity contribution < 1.29 is 4.79 Å². The lowest BCUT2D eigenvalue weighted by Crippen LogP contribution is -2.40. The minimum absolute atomic E-state index is 0.0861. The summed E-state index contributed by atoms with van der Waals surface area (Å²) in [6.45, 7) is 2.11. The number of imidazole rings is 1. The molecule has 0 saturated carbocycles. The molecule has 1 fully saturated rings. The van der Waals surface area contributed by atoms with Gasteiger partial charge in [0.1, 0.15) is 11.5 Å². The maximum absolute atomic E-state index is 12.8. The van der Waals surface area contributed by atoms with Gasteiger partial charge in [0.05, 0.1) is 12.9 Å². The monoisotopic (exact) mass is 353 g/mol. The molecule has 1 saturated heterocycles. The van der Waals surface area contributed by atoms with Crippen LogP contribution in [0.3, 0.4) is 0 Å². The number of carbonyl (C=O) groups is 1. The summed E-state index contributed by atoms with van der Waals surface area (Å²) in [6, 6.07) is 3.78. The lowest BCUT2D eigenvalue weighted by molar-refractivity contribution is 0.0693. The molecule has 136 valence electrons. The molecule has 1 aliphatic rings. The van der Waals surface area contributed by atoms with Crippen molar-refractivity contribution in [3.05, 3.63) is 54.4 Å². The first-order chi connectivity index (χ1) is 12.6. The number of amides is 1. The summed E-state index contributed by atoms with van der Waals surface area (Å²) >= 11 is 0. The third kappa shape index (κ3) is 3.02. The Labute approximate surface area is 152 Å². The van der Waals surface area contributed by atoms with Crippen LogP contribution in [0.15, 0.2) is 37.1 Å². The van der Waals surface area contributed by atoms with E-state index in [-0.39, 0.29) is 11.8 Å². The van der Waals surface area contributed by atoms with E-state index in [0.29, 0.717) is 13.1 Å². The van der Waals surface area contributed by atoms with Gasteiger partial charge < -0.3 is 18.6 Å². The first-order valence-corrected chi connectivity index (χ1v) is 8.88. The molecule has 26 heavy (non-hydrogen) atoms. The van der Waals surface area contributed by atoms with Crippen molar-refractivity contribution in [2.24, 2.45) is 14.1 Å². The molecule has 0 spiro atoms. The van der Waals surface area contributed by atoms with Gasteiger partial charge in [0, 0.05) is 51.7 Å². The van der Waals surface area contributed by atoms with Crippen LogP contribution >= 0.6 is 0 Å². The fraction of sp³-hybridized carbons (Fsp3) is 0.444. The Morgan fingerprint density at radius 1 is 1.27 bits per heavy atom. The number of aryl methyl sites for hydroxylation is 1. The highest BCUT2D eigenvalue weighted by Crippen LogP contribution is 2.27. The first kappa shape index (κ1) is 16.6. The molecule has 0 bridgehead atoms. The highest BCUT2D eigenvalue weighted by Gasteiger charge is 2.29. The SMILES string of the molecule is Cn1cccc1C(=O)N1CCC[C@@H](c2nnc(Cn3ccnc3)n2C)C1. The molecule has 0 radical (unpaired) electrons. The van der Waals surface area contributed by atoms with Crippen LogP contribution in [0.25, 0.3) is 0 Å². The Kier molecular flexibility index (Phi) is 4.32. The Balaban J connectivity index is 1.50. The predicted molar refractivity (Wildman–Crippen MR) is 95.6 cm³/mol. The molecule has 0 aromatic carbocycles. The summed E-state index contributed by atoms with van der Waals surface area (Å²) in [5.74, 6) is 2.14. The van der Waals surface area contributed by atoms with E-state index in [1.807, 2.05) is 52.7 Å². The number of rotatable bonds is 4. The number of hydrogen-bond acceptors (Lipinski definition) is 4. The van der Waals surface area contributed by atoms with Crippen LogP contribution in [0, 0.1) is 0 Å². The Hall–Kier alpha value is -2.90. The zero-order chi connectivity index (χ0) is 18.1. The summed E-state index contributed by atoms with van der Waals surface area (Å²) in [7, 11) is 3.90. The normalized spacial score (nSPS) is 17.6. The summed E-state index contributed by atoms with van der Waals surface area (Å²) in [6.07, 6.45) is 9.34. The van der Waals surface area contributed by atoms with Crippen molar-refractivity contribution in [2.45, 2.75) is 25.3 Å². The van der Waals surface area contributed by atoms with Gasteiger partial charge in [-0.3, -0.25) is 4.79 Å². The molecule has 3 aromatic rings. The second kappa shape index (κ2) is 6.78. The van der Waals surface area contributed by atoms with Gasteiger partial charge in [0.15, 0.2) is 5.82 Å². The molecule has 1 aliphatic heterocycles. The van der Waals surface area contributed by atoms with Gasteiger partial charge in [-0.15, -0.1) is 10.2 Å². The molecule has 1 amide bonds. The van der Waals surface area contributed by atoms with E-state index < -0.39 is 0 Å². The second-order valence-corrected chi connectivity index (χ2v) is 6.86. The zero-order valence-corrected chi connectivity index (χ0v) is 15.1. The average molecular weight is 353 g/mol. The van der Waals surface area contributed by atoms with Crippen LogP contribution in [0.5, 0.6) is 0 Å². The summed E-state index contributed by atoms with van der Waals surface area (Å²) in [5.41, 5.74) is 0.726. The smallest absolute Gasteiger partial charge is 0.270 e. The van der Waals surface area contributed by atoms with Crippen LogP contribution in [-0.2, 0) is 20.6 Å². The van der Waals surface area contributed by atoms with Crippen molar-refractivity contribution in [1.82, 2.24) is 33.8 Å². The number of hydrogen-bond donors (Lipinski definition) is 0. The largest absolute Gasteiger partial charge is 0.347 e. The Bertz CT molecular complexity index is 893. The number of nitrogens with zero attached hydrogens (tertiary/aromatic N) is 7. The molecule has 0 unspecified atom stereocenters. The van der Waals surface area contributed by atoms with Crippen LogP contribution in [0.1, 0.15) is 40.9 Å². The quantitative estimate of drug-likeness (QED) is 0.711. The fourth-order valence-corrected chi connectivity index (χ4v) is 3.63. The third-order valence-corrected chi connectivity index (χ3v) is 5.12. The molecule has 8 nitrogen and oxygen atoms in total. The predicted octanol–water partition coefficient (Wildman–Crippen LogP) is 1.42. The molecule has 0 aliphatic carbocycles. The highest BCUT2D eigenvalue weighted by atomic mass is 16.2. The van der Waals surface area contributed by atoms with E-state index in [9.17, 15) is 4.79 Å². The molecule has 0 N–H and O–H groups in total. The topological polar surface area (TPSA) is 73.8 Å². The van der Waals surface area contributed by atoms with Gasteiger partial charge in [0.25, 0.3) is 5.91 Å². The zero-order valence-electron chi connectivity index (χ0n) is 15.1. The maximum Gasteiger partial charge on any atom is 0.270 e. The third-order valence-electron chi connectivity index (χ3n) is 5.12. The van der Waals surface area contributed by atoms with E-state index >= 15 is 0 Å². The van der Waals surface area contributed by atoms with E-state index in [4.69, 9.17) is 0 Å². The first-order valence-electron chi connectivity index (χ1n) is 8.88. The van der Waals surface area contributed by atoms with E-state index in [1.165, 1.54) is 0 Å². The lowest BCUT2D eigenvalue weighted by atomic mass is 9.97. The van der Waals surface area contributed by atoms with Crippen molar-refractivity contribution in [2.75, 3.05) is 13.1 Å². The Morgan fingerprint density at radius 3 is 2.88 bits per heavy atom. The standard InChI is InChI=1S/C18H23N7O/c1-22-8-4-6-15(22)18(26)25-9-3-5-14(11-25)17-21-20-16(23(17)2)12-24-10-7-19-13-24/h4,6-8,10,13-14H,3,5,9,11-12H2,1-2H3/t14-/m1/s1. The van der Waals surface area contributed by atoms with Gasteiger partial charge in [-0.2, -0.15) is 0 Å². The van der Waals surface area contributed by atoms with Crippen molar-refractivity contribution in [3.8, 4) is 0 Å². The van der Waals surface area contributed by atoms with E-state index in [0.717, 1.165) is 36.7 Å². The maximum atomic E-state index is 12.8. The van der Waals surface area contributed by atoms with Gasteiger partial charge in [-0.1, -0.05) is 0 Å². The number of likely N-dealkylation sites (tertiary alicyclic amines) is 1. The van der Waals surface area contributed by atoms with Crippen LogP contribution in [-0.4, -0.2) is 52.8 Å². The molecule has 8 heteroatoms. The van der Waals surface area contributed by atoms with E-state index in [1.54, 1.807) is 12.5 Å². The van der Waals surface area contributed by atoms with Crippen LogP contribution in [0.4, 0.5) is 0 Å². The average Bonchev–Trinajstić information content (AvgIpc) is 3.38.